The quantitative estimate of drug-likeness (QED) is 0.605. The van der Waals surface area contributed by atoms with Crippen LogP contribution in [0, 0.1) is 5.92 Å². The number of amides is 2. The minimum Gasteiger partial charge on any atom is -0.321 e. The average Bonchev–Trinajstić information content (AvgIpc) is 3.22. The highest BCUT2D eigenvalue weighted by Crippen LogP contribution is 2.23. The normalized spacial score (nSPS) is 15.5. The van der Waals surface area contributed by atoms with Crippen molar-refractivity contribution in [2.45, 2.75) is 39.0 Å². The maximum absolute atomic E-state index is 12.2. The van der Waals surface area contributed by atoms with E-state index in [1.807, 2.05) is 42.6 Å². The molecule has 2 N–H and O–H groups in total. The van der Waals surface area contributed by atoms with E-state index in [1.54, 1.807) is 6.07 Å². The monoisotopic (exact) mass is 369 g/mol. The molecular formula is C20H23N3O2S. The van der Waals surface area contributed by atoms with E-state index >= 15 is 0 Å². The van der Waals surface area contributed by atoms with E-state index in [0.29, 0.717) is 4.88 Å². The van der Waals surface area contributed by atoms with Crippen LogP contribution in [0.5, 0.6) is 0 Å². The fraction of sp³-hybridized carbons (Fsp3) is 0.350. The van der Waals surface area contributed by atoms with Crippen molar-refractivity contribution in [3.63, 3.8) is 0 Å². The molecule has 136 valence electrons. The molecule has 1 aromatic carbocycles. The molecule has 0 aliphatic heterocycles. The maximum atomic E-state index is 12.2. The van der Waals surface area contributed by atoms with Crippen LogP contribution in [0.15, 0.2) is 46.9 Å². The summed E-state index contributed by atoms with van der Waals surface area (Å²) < 4.78 is 0. The summed E-state index contributed by atoms with van der Waals surface area (Å²) in [6.07, 6.45) is 5.39. The van der Waals surface area contributed by atoms with Crippen molar-refractivity contribution < 1.29 is 9.59 Å². The molecule has 1 fully saturated rings. The summed E-state index contributed by atoms with van der Waals surface area (Å²) in [6.45, 7) is 1.86. The van der Waals surface area contributed by atoms with E-state index in [0.717, 1.165) is 42.6 Å². The third kappa shape index (κ3) is 4.79. The Morgan fingerprint density at radius 3 is 2.46 bits per heavy atom. The van der Waals surface area contributed by atoms with Crippen LogP contribution in [0.3, 0.4) is 0 Å². The van der Waals surface area contributed by atoms with Crippen LogP contribution in [-0.2, 0) is 4.79 Å². The van der Waals surface area contributed by atoms with Crippen molar-refractivity contribution in [3.8, 4) is 0 Å². The lowest BCUT2D eigenvalue weighted by Crippen LogP contribution is -2.29. The minimum absolute atomic E-state index is 0.0175. The Labute approximate surface area is 157 Å². The van der Waals surface area contributed by atoms with Gasteiger partial charge in [0.15, 0.2) is 0 Å². The first-order valence-corrected chi connectivity index (χ1v) is 9.81. The van der Waals surface area contributed by atoms with Crippen LogP contribution in [0.4, 0.5) is 5.69 Å². The molecule has 2 amide bonds. The van der Waals surface area contributed by atoms with Gasteiger partial charge in [-0.2, -0.15) is 5.10 Å². The van der Waals surface area contributed by atoms with E-state index in [4.69, 9.17) is 0 Å². The molecule has 1 saturated carbocycles. The van der Waals surface area contributed by atoms with Crippen molar-refractivity contribution in [2.24, 2.45) is 11.0 Å². The fourth-order valence-corrected chi connectivity index (χ4v) is 3.67. The van der Waals surface area contributed by atoms with Gasteiger partial charge in [-0.3, -0.25) is 9.59 Å². The molecule has 0 atom stereocenters. The minimum atomic E-state index is -0.113. The second-order valence-electron chi connectivity index (χ2n) is 6.52. The first-order chi connectivity index (χ1) is 12.6. The highest BCUT2D eigenvalue weighted by Gasteiger charge is 2.20. The van der Waals surface area contributed by atoms with Gasteiger partial charge in [0.2, 0.25) is 5.91 Å². The van der Waals surface area contributed by atoms with Crippen molar-refractivity contribution in [2.75, 3.05) is 5.32 Å². The van der Waals surface area contributed by atoms with Crippen molar-refractivity contribution in [3.05, 3.63) is 52.2 Å². The Hall–Kier alpha value is -2.47. The molecule has 3 rings (SSSR count). The van der Waals surface area contributed by atoms with Crippen molar-refractivity contribution >= 4 is 34.6 Å². The second kappa shape index (κ2) is 8.76. The molecule has 0 bridgehead atoms. The van der Waals surface area contributed by atoms with Gasteiger partial charge in [0, 0.05) is 11.6 Å². The van der Waals surface area contributed by atoms with Crippen LogP contribution in [0.1, 0.15) is 54.3 Å². The first-order valence-electron chi connectivity index (χ1n) is 8.93. The van der Waals surface area contributed by atoms with E-state index in [1.165, 1.54) is 17.8 Å². The summed E-state index contributed by atoms with van der Waals surface area (Å²) in [7, 11) is 0. The number of nitrogens with zero attached hydrogens (tertiary/aromatic N) is 1. The lowest BCUT2D eigenvalue weighted by Gasteiger charge is -2.19. The van der Waals surface area contributed by atoms with Gasteiger partial charge in [-0.05, 0) is 48.9 Å². The molecule has 2 aromatic rings. The van der Waals surface area contributed by atoms with E-state index < -0.39 is 0 Å². The molecule has 0 unspecified atom stereocenters. The second-order valence-corrected chi connectivity index (χ2v) is 7.46. The number of hydrogen-bond acceptors (Lipinski definition) is 4. The van der Waals surface area contributed by atoms with Crippen molar-refractivity contribution in [1.82, 2.24) is 5.43 Å². The van der Waals surface area contributed by atoms with E-state index in [9.17, 15) is 9.59 Å². The van der Waals surface area contributed by atoms with Gasteiger partial charge in [0.1, 0.15) is 0 Å². The molecule has 1 aromatic heterocycles. The number of carbonyl (C=O) groups excluding carboxylic acids is 2. The first kappa shape index (κ1) is 18.3. The molecule has 1 aliphatic rings. The van der Waals surface area contributed by atoms with Gasteiger partial charge in [-0.15, -0.1) is 11.3 Å². The number of anilines is 1. The highest BCUT2D eigenvalue weighted by atomic mass is 32.1. The number of nitrogens with one attached hydrogen (secondary N) is 2. The number of hydrazone groups is 1. The number of hydrogen-bond donors (Lipinski definition) is 2. The molecule has 0 saturated heterocycles. The Morgan fingerprint density at radius 2 is 1.81 bits per heavy atom. The Morgan fingerprint density at radius 1 is 1.08 bits per heavy atom. The molecule has 0 radical (unpaired) electrons. The zero-order valence-corrected chi connectivity index (χ0v) is 15.6. The predicted molar refractivity (Wildman–Crippen MR) is 106 cm³/mol. The number of rotatable bonds is 5. The Bertz CT molecular complexity index is 776. The summed E-state index contributed by atoms with van der Waals surface area (Å²) >= 11 is 1.41. The Kier molecular flexibility index (Phi) is 6.17. The maximum Gasteiger partial charge on any atom is 0.265 e. The molecule has 6 heteroatoms. The lowest BCUT2D eigenvalue weighted by molar-refractivity contribution is -0.125. The van der Waals surface area contributed by atoms with Gasteiger partial charge >= 0.3 is 0 Å². The number of thiophene rings is 1. The summed E-state index contributed by atoms with van der Waals surface area (Å²) in [4.78, 5) is 24.9. The SMILES string of the molecule is C/C(=N/NC(=O)C1CCCCC1)c1ccc(NC(=O)c2cccs2)cc1. The van der Waals surface area contributed by atoms with Gasteiger partial charge in [-0.1, -0.05) is 37.5 Å². The molecular weight excluding hydrogens is 346 g/mol. The van der Waals surface area contributed by atoms with Gasteiger partial charge < -0.3 is 5.32 Å². The van der Waals surface area contributed by atoms with Gasteiger partial charge in [0.25, 0.3) is 5.91 Å². The fourth-order valence-electron chi connectivity index (χ4n) is 3.05. The van der Waals surface area contributed by atoms with E-state index in [-0.39, 0.29) is 17.7 Å². The van der Waals surface area contributed by atoms with Crippen molar-refractivity contribution in [1.29, 1.82) is 0 Å². The third-order valence-electron chi connectivity index (χ3n) is 4.62. The molecule has 0 spiro atoms. The summed E-state index contributed by atoms with van der Waals surface area (Å²) in [5.74, 6) is -0.00287. The molecule has 1 heterocycles. The van der Waals surface area contributed by atoms with E-state index in [2.05, 4.69) is 15.8 Å². The zero-order valence-electron chi connectivity index (χ0n) is 14.8. The van der Waals surface area contributed by atoms with Crippen LogP contribution < -0.4 is 10.7 Å². The highest BCUT2D eigenvalue weighted by molar-refractivity contribution is 7.12. The topological polar surface area (TPSA) is 70.6 Å². The summed E-state index contributed by atoms with van der Waals surface area (Å²) in [5.41, 5.74) is 5.07. The lowest BCUT2D eigenvalue weighted by atomic mass is 9.89. The zero-order chi connectivity index (χ0) is 18.4. The number of benzene rings is 1. The predicted octanol–water partition coefficient (Wildman–Crippen LogP) is 4.42. The van der Waals surface area contributed by atoms with Crippen LogP contribution in [0.25, 0.3) is 0 Å². The number of carbonyl (C=O) groups is 2. The van der Waals surface area contributed by atoms with Crippen LogP contribution >= 0.6 is 11.3 Å². The third-order valence-corrected chi connectivity index (χ3v) is 5.48. The summed E-state index contributed by atoms with van der Waals surface area (Å²) in [5, 5.41) is 8.97. The smallest absolute Gasteiger partial charge is 0.265 e. The molecule has 5 nitrogen and oxygen atoms in total. The van der Waals surface area contributed by atoms with Crippen LogP contribution in [0.2, 0.25) is 0 Å². The van der Waals surface area contributed by atoms with Crippen LogP contribution in [-0.4, -0.2) is 17.5 Å². The standard InChI is InChI=1S/C20H23N3O2S/c1-14(22-23-19(24)16-6-3-2-4-7-16)15-9-11-17(12-10-15)21-20(25)18-8-5-13-26-18/h5,8-13,16H,2-4,6-7H2,1H3,(H,21,25)(H,23,24)/b22-14-. The molecule has 26 heavy (non-hydrogen) atoms. The van der Waals surface area contributed by atoms with Gasteiger partial charge in [0.05, 0.1) is 10.6 Å². The summed E-state index contributed by atoms with van der Waals surface area (Å²) in [6, 6.07) is 11.1. The average molecular weight is 369 g/mol. The molecule has 1 aliphatic carbocycles. The van der Waals surface area contributed by atoms with Gasteiger partial charge in [-0.25, -0.2) is 5.43 Å². The Balaban J connectivity index is 1.56. The largest absolute Gasteiger partial charge is 0.321 e.